The smallest absolute Gasteiger partial charge is 0.300 e. The number of halogens is 1. The summed E-state index contributed by atoms with van der Waals surface area (Å²) in [6, 6.07) is 7.76. The minimum atomic E-state index is -0.468. The summed E-state index contributed by atoms with van der Waals surface area (Å²) in [6.45, 7) is 3.57. The van der Waals surface area contributed by atoms with E-state index in [2.05, 4.69) is 20.9 Å². The average molecular weight is 421 g/mol. The topological polar surface area (TPSA) is 71.9 Å². The molecule has 3 aromatic rings. The van der Waals surface area contributed by atoms with Gasteiger partial charge in [0.15, 0.2) is 0 Å². The largest absolute Gasteiger partial charge is 0.329 e. The number of carbonyl (C=O) groups excluding carboxylic acids is 1. The Hall–Kier alpha value is -1.99. The molecule has 25 heavy (non-hydrogen) atoms. The van der Waals surface area contributed by atoms with Crippen molar-refractivity contribution in [2.24, 2.45) is 0 Å². The molecule has 0 unspecified atom stereocenters. The van der Waals surface area contributed by atoms with Crippen molar-refractivity contribution in [2.45, 2.75) is 33.2 Å². The van der Waals surface area contributed by atoms with Gasteiger partial charge in [-0.1, -0.05) is 35.0 Å². The van der Waals surface area contributed by atoms with Crippen LogP contribution < -0.4 is 11.2 Å². The Morgan fingerprint density at radius 2 is 1.92 bits per heavy atom. The lowest BCUT2D eigenvalue weighted by Crippen LogP contribution is -2.35. The molecule has 0 amide bonds. The zero-order valence-corrected chi connectivity index (χ0v) is 16.3. The molecule has 0 aliphatic carbocycles. The van der Waals surface area contributed by atoms with Crippen LogP contribution >= 0.6 is 27.3 Å². The van der Waals surface area contributed by atoms with Crippen molar-refractivity contribution in [1.29, 1.82) is 0 Å². The third kappa shape index (κ3) is 3.39. The van der Waals surface area contributed by atoms with Crippen LogP contribution in [0.3, 0.4) is 0 Å². The number of H-pyrrole nitrogens is 1. The molecular weight excluding hydrogens is 404 g/mol. The van der Waals surface area contributed by atoms with Gasteiger partial charge in [-0.2, -0.15) is 0 Å². The first-order valence-corrected chi connectivity index (χ1v) is 9.57. The first kappa shape index (κ1) is 17.8. The Kier molecular flexibility index (Phi) is 5.06. The summed E-state index contributed by atoms with van der Waals surface area (Å²) in [6.07, 6.45) is 0.923. The van der Waals surface area contributed by atoms with Crippen LogP contribution in [0.1, 0.15) is 25.1 Å². The normalized spacial score (nSPS) is 11.2. The molecule has 1 aromatic carbocycles. The minimum Gasteiger partial charge on any atom is -0.300 e. The number of hydrogen-bond acceptors (Lipinski definition) is 4. The zero-order valence-electron chi connectivity index (χ0n) is 13.9. The molecule has 0 fully saturated rings. The molecule has 0 aliphatic heterocycles. The summed E-state index contributed by atoms with van der Waals surface area (Å²) in [5.41, 5.74) is 1.00. The van der Waals surface area contributed by atoms with Crippen molar-refractivity contribution < 1.29 is 4.79 Å². The van der Waals surface area contributed by atoms with Crippen LogP contribution in [-0.4, -0.2) is 15.3 Å². The highest BCUT2D eigenvalue weighted by molar-refractivity contribution is 9.10. The van der Waals surface area contributed by atoms with Gasteiger partial charge in [0.25, 0.3) is 5.56 Å². The summed E-state index contributed by atoms with van der Waals surface area (Å²) in [7, 11) is 0. The number of aryl methyl sites for hydroxylation is 1. The lowest BCUT2D eigenvalue weighted by Gasteiger charge is -2.06. The van der Waals surface area contributed by atoms with Gasteiger partial charge in [0.05, 0.1) is 5.39 Å². The number of benzene rings is 1. The third-order valence-electron chi connectivity index (χ3n) is 4.05. The van der Waals surface area contributed by atoms with Gasteiger partial charge in [-0.15, -0.1) is 11.3 Å². The minimum absolute atomic E-state index is 0.0564. The second kappa shape index (κ2) is 7.09. The third-order valence-corrected chi connectivity index (χ3v) is 5.83. The number of ketones is 1. The first-order chi connectivity index (χ1) is 11.9. The van der Waals surface area contributed by atoms with E-state index in [0.717, 1.165) is 31.5 Å². The molecule has 0 spiro atoms. The predicted octanol–water partition coefficient (Wildman–Crippen LogP) is 3.72. The second-order valence-electron chi connectivity index (χ2n) is 5.80. The van der Waals surface area contributed by atoms with Gasteiger partial charge in [0.1, 0.15) is 10.6 Å². The number of thiophene rings is 1. The van der Waals surface area contributed by atoms with Gasteiger partial charge in [-0.3, -0.25) is 19.1 Å². The van der Waals surface area contributed by atoms with Crippen molar-refractivity contribution in [3.05, 3.63) is 54.5 Å². The Labute approximate surface area is 156 Å². The lowest BCUT2D eigenvalue weighted by atomic mass is 10.0. The van der Waals surface area contributed by atoms with E-state index >= 15 is 0 Å². The van der Waals surface area contributed by atoms with Gasteiger partial charge in [0, 0.05) is 27.9 Å². The van der Waals surface area contributed by atoms with E-state index in [1.54, 1.807) is 0 Å². The van der Waals surface area contributed by atoms with Crippen LogP contribution in [0.15, 0.2) is 38.3 Å². The molecule has 7 heteroatoms. The Balaban J connectivity index is 2.30. The van der Waals surface area contributed by atoms with Crippen molar-refractivity contribution in [3.63, 3.8) is 0 Å². The lowest BCUT2D eigenvalue weighted by molar-refractivity contribution is -0.117. The molecule has 0 atom stereocenters. The van der Waals surface area contributed by atoms with E-state index in [4.69, 9.17) is 0 Å². The maximum atomic E-state index is 13.0. The van der Waals surface area contributed by atoms with Crippen LogP contribution in [-0.2, 0) is 17.8 Å². The molecule has 0 radical (unpaired) electrons. The van der Waals surface area contributed by atoms with Crippen LogP contribution in [0, 0.1) is 0 Å². The molecule has 3 rings (SSSR count). The van der Waals surface area contributed by atoms with E-state index < -0.39 is 5.69 Å². The van der Waals surface area contributed by atoms with Crippen LogP contribution in [0.2, 0.25) is 0 Å². The van der Waals surface area contributed by atoms with Crippen molar-refractivity contribution in [2.75, 3.05) is 0 Å². The quantitative estimate of drug-likeness (QED) is 0.683. The number of hydrogen-bond donors (Lipinski definition) is 1. The number of rotatable bonds is 5. The molecule has 2 heterocycles. The van der Waals surface area contributed by atoms with Crippen LogP contribution in [0.5, 0.6) is 0 Å². The molecule has 0 bridgehead atoms. The molecule has 0 saturated carbocycles. The van der Waals surface area contributed by atoms with Crippen LogP contribution in [0.4, 0.5) is 0 Å². The first-order valence-electron chi connectivity index (χ1n) is 7.96. The Morgan fingerprint density at radius 1 is 1.24 bits per heavy atom. The second-order valence-corrected chi connectivity index (χ2v) is 7.82. The molecule has 5 nitrogen and oxygen atoms in total. The fourth-order valence-electron chi connectivity index (χ4n) is 2.81. The van der Waals surface area contributed by atoms with Gasteiger partial charge in [-0.25, -0.2) is 4.79 Å². The Bertz CT molecular complexity index is 1060. The molecule has 2 aromatic heterocycles. The fraction of sp³-hybridized carbons (Fsp3) is 0.278. The average Bonchev–Trinajstić information content (AvgIpc) is 2.93. The number of aromatic amines is 1. The monoisotopic (exact) mass is 420 g/mol. The number of Topliss-reactive ketones (excluding diaryl/α,β-unsaturated/α-hetero) is 1. The van der Waals surface area contributed by atoms with E-state index in [-0.39, 0.29) is 24.3 Å². The molecule has 0 aliphatic rings. The Morgan fingerprint density at radius 3 is 2.52 bits per heavy atom. The van der Waals surface area contributed by atoms with E-state index in [1.807, 2.05) is 31.2 Å². The number of aromatic nitrogens is 2. The van der Waals surface area contributed by atoms with Gasteiger partial charge >= 0.3 is 5.69 Å². The predicted molar refractivity (Wildman–Crippen MR) is 105 cm³/mol. The molecule has 130 valence electrons. The zero-order chi connectivity index (χ0) is 18.1. The summed E-state index contributed by atoms with van der Waals surface area (Å²) >= 11 is 4.86. The highest BCUT2D eigenvalue weighted by Crippen LogP contribution is 2.36. The van der Waals surface area contributed by atoms with Crippen LogP contribution in [0.25, 0.3) is 21.3 Å². The summed E-state index contributed by atoms with van der Waals surface area (Å²) < 4.78 is 2.08. The SMILES string of the molecule is CCc1sc2[nH]c(=O)n(CCC(C)=O)c(=O)c2c1-c1ccc(Br)cc1. The van der Waals surface area contributed by atoms with E-state index in [9.17, 15) is 14.4 Å². The summed E-state index contributed by atoms with van der Waals surface area (Å²) in [5, 5.41) is 0.521. The maximum Gasteiger partial charge on any atom is 0.329 e. The summed E-state index contributed by atoms with van der Waals surface area (Å²) in [4.78, 5) is 40.9. The van der Waals surface area contributed by atoms with Crippen molar-refractivity contribution >= 4 is 43.3 Å². The molecule has 0 saturated heterocycles. The van der Waals surface area contributed by atoms with E-state index in [1.165, 1.54) is 18.3 Å². The number of fused-ring (bicyclic) bond motifs is 1. The molecule has 1 N–H and O–H groups in total. The highest BCUT2D eigenvalue weighted by Gasteiger charge is 2.19. The van der Waals surface area contributed by atoms with Crippen molar-refractivity contribution in [3.8, 4) is 11.1 Å². The van der Waals surface area contributed by atoms with E-state index in [0.29, 0.717) is 10.2 Å². The molecular formula is C18H17BrN2O3S. The standard InChI is InChI=1S/C18H17BrN2O3S/c1-3-13-14(11-4-6-12(19)7-5-11)15-16(25-13)20-18(24)21(17(15)23)9-8-10(2)22/h4-7H,3,8-9H2,1-2H3,(H,20,24). The maximum absolute atomic E-state index is 13.0. The highest BCUT2D eigenvalue weighted by atomic mass is 79.9. The van der Waals surface area contributed by atoms with Gasteiger partial charge in [0.2, 0.25) is 0 Å². The fourth-order valence-corrected chi connectivity index (χ4v) is 4.21. The van der Waals surface area contributed by atoms with Gasteiger partial charge < -0.3 is 0 Å². The van der Waals surface area contributed by atoms with Crippen molar-refractivity contribution in [1.82, 2.24) is 9.55 Å². The number of nitrogens with zero attached hydrogens (tertiary/aromatic N) is 1. The number of carbonyl (C=O) groups is 1. The van der Waals surface area contributed by atoms with Gasteiger partial charge in [-0.05, 0) is 31.0 Å². The number of nitrogens with one attached hydrogen (secondary N) is 1. The summed E-state index contributed by atoms with van der Waals surface area (Å²) in [5.74, 6) is -0.0564.